The normalized spacial score (nSPS) is 17.8. The topological polar surface area (TPSA) is 69.7 Å². The number of rotatable bonds is 5. The summed E-state index contributed by atoms with van der Waals surface area (Å²) in [6, 6.07) is 15.0. The molecule has 0 saturated carbocycles. The van der Waals surface area contributed by atoms with E-state index in [9.17, 15) is 13.2 Å². The lowest BCUT2D eigenvalue weighted by molar-refractivity contribution is -0.130. The van der Waals surface area contributed by atoms with Crippen molar-refractivity contribution in [3.63, 3.8) is 0 Å². The highest BCUT2D eigenvalue weighted by Crippen LogP contribution is 2.22. The molecule has 2 aliphatic rings. The van der Waals surface area contributed by atoms with Gasteiger partial charge in [-0.15, -0.1) is 0 Å². The third-order valence-electron chi connectivity index (χ3n) is 5.98. The van der Waals surface area contributed by atoms with Gasteiger partial charge in [-0.3, -0.25) is 4.79 Å². The van der Waals surface area contributed by atoms with E-state index in [1.165, 1.54) is 11.1 Å². The molecule has 2 heterocycles. The lowest BCUT2D eigenvalue weighted by atomic mass is 10.00. The van der Waals surface area contributed by atoms with Gasteiger partial charge in [0.15, 0.2) is 0 Å². The molecule has 7 heteroatoms. The Morgan fingerprint density at radius 2 is 1.53 bits per heavy atom. The summed E-state index contributed by atoms with van der Waals surface area (Å²) in [7, 11) is -3.45. The van der Waals surface area contributed by atoms with Gasteiger partial charge in [0.05, 0.1) is 11.4 Å². The van der Waals surface area contributed by atoms with Crippen molar-refractivity contribution in [2.75, 3.05) is 31.5 Å². The molecule has 0 bridgehead atoms. The molecule has 1 amide bonds. The van der Waals surface area contributed by atoms with Gasteiger partial charge in [-0.2, -0.15) is 4.31 Å². The van der Waals surface area contributed by atoms with Crippen LogP contribution in [0, 0.1) is 0 Å². The number of nitrogens with one attached hydrogen (secondary N) is 1. The van der Waals surface area contributed by atoms with Crippen LogP contribution in [-0.2, 0) is 27.8 Å². The largest absolute Gasteiger partial charge is 0.376 e. The van der Waals surface area contributed by atoms with E-state index in [0.29, 0.717) is 24.5 Å². The van der Waals surface area contributed by atoms with Gasteiger partial charge in [-0.1, -0.05) is 37.1 Å². The average molecular weight is 428 g/mol. The lowest BCUT2D eigenvalue weighted by Crippen LogP contribution is -2.39. The predicted octanol–water partition coefficient (Wildman–Crippen LogP) is 3.25. The maximum absolute atomic E-state index is 12.9. The zero-order valence-corrected chi connectivity index (χ0v) is 18.0. The van der Waals surface area contributed by atoms with E-state index in [1.807, 2.05) is 17.0 Å². The van der Waals surface area contributed by atoms with Crippen molar-refractivity contribution in [2.45, 2.75) is 43.5 Å². The molecule has 30 heavy (non-hydrogen) atoms. The van der Waals surface area contributed by atoms with Gasteiger partial charge in [-0.05, 0) is 54.7 Å². The van der Waals surface area contributed by atoms with Gasteiger partial charge in [0, 0.05) is 31.9 Å². The number of hydrogen-bond acceptors (Lipinski definition) is 4. The van der Waals surface area contributed by atoms with Crippen molar-refractivity contribution in [2.24, 2.45) is 0 Å². The number of hydrogen-bond donors (Lipinski definition) is 1. The maximum Gasteiger partial charge on any atom is 0.243 e. The van der Waals surface area contributed by atoms with E-state index in [-0.39, 0.29) is 12.5 Å². The summed E-state index contributed by atoms with van der Waals surface area (Å²) in [6.45, 7) is 2.75. The lowest BCUT2D eigenvalue weighted by Gasteiger charge is -2.29. The molecule has 1 fully saturated rings. The van der Waals surface area contributed by atoms with Crippen molar-refractivity contribution in [3.05, 3.63) is 59.7 Å². The Morgan fingerprint density at radius 1 is 0.867 bits per heavy atom. The van der Waals surface area contributed by atoms with Crippen LogP contribution in [0.15, 0.2) is 53.4 Å². The molecule has 0 unspecified atom stereocenters. The average Bonchev–Trinajstić information content (AvgIpc) is 3.08. The highest BCUT2D eigenvalue weighted by atomic mass is 32.2. The summed E-state index contributed by atoms with van der Waals surface area (Å²) >= 11 is 0. The molecule has 0 atom stereocenters. The Kier molecular flexibility index (Phi) is 6.39. The number of carbonyl (C=O) groups is 1. The van der Waals surface area contributed by atoms with E-state index < -0.39 is 10.0 Å². The number of fused-ring (bicyclic) bond motifs is 1. The first-order valence-corrected chi connectivity index (χ1v) is 12.2. The molecule has 0 spiro atoms. The first kappa shape index (κ1) is 20.9. The second-order valence-corrected chi connectivity index (χ2v) is 9.97. The molecule has 0 aliphatic carbocycles. The SMILES string of the molecule is O=C(CNc1ccc(S(=O)(=O)N2CCCCCC2)cc1)N1CCc2ccccc2C1. The summed E-state index contributed by atoms with van der Waals surface area (Å²) < 4.78 is 27.3. The fourth-order valence-electron chi connectivity index (χ4n) is 4.17. The Hall–Kier alpha value is -2.38. The van der Waals surface area contributed by atoms with E-state index >= 15 is 0 Å². The van der Waals surface area contributed by atoms with E-state index in [1.54, 1.807) is 28.6 Å². The van der Waals surface area contributed by atoms with Crippen LogP contribution in [0.5, 0.6) is 0 Å². The molecule has 1 N–H and O–H groups in total. The third kappa shape index (κ3) is 4.68. The minimum atomic E-state index is -3.45. The van der Waals surface area contributed by atoms with Crippen LogP contribution in [-0.4, -0.2) is 49.7 Å². The summed E-state index contributed by atoms with van der Waals surface area (Å²) in [6.07, 6.45) is 4.89. The van der Waals surface area contributed by atoms with Crippen molar-refractivity contribution in [1.82, 2.24) is 9.21 Å². The Balaban J connectivity index is 1.34. The first-order chi connectivity index (χ1) is 14.5. The van der Waals surface area contributed by atoms with Gasteiger partial charge in [0.1, 0.15) is 0 Å². The van der Waals surface area contributed by atoms with Crippen LogP contribution in [0.3, 0.4) is 0 Å². The number of anilines is 1. The van der Waals surface area contributed by atoms with Crippen LogP contribution in [0.4, 0.5) is 5.69 Å². The highest BCUT2D eigenvalue weighted by molar-refractivity contribution is 7.89. The van der Waals surface area contributed by atoms with Crippen LogP contribution in [0.2, 0.25) is 0 Å². The molecule has 0 aromatic heterocycles. The molecule has 0 radical (unpaired) electrons. The molecule has 4 rings (SSSR count). The van der Waals surface area contributed by atoms with Crippen molar-refractivity contribution in [3.8, 4) is 0 Å². The van der Waals surface area contributed by atoms with Gasteiger partial charge in [0.2, 0.25) is 15.9 Å². The fraction of sp³-hybridized carbons (Fsp3) is 0.435. The summed E-state index contributed by atoms with van der Waals surface area (Å²) in [5, 5.41) is 3.13. The Morgan fingerprint density at radius 3 is 2.23 bits per heavy atom. The van der Waals surface area contributed by atoms with Crippen LogP contribution in [0.25, 0.3) is 0 Å². The zero-order chi connectivity index (χ0) is 21.0. The van der Waals surface area contributed by atoms with E-state index in [2.05, 4.69) is 17.4 Å². The molecule has 6 nitrogen and oxygen atoms in total. The molecule has 2 aromatic rings. The van der Waals surface area contributed by atoms with Crippen molar-refractivity contribution < 1.29 is 13.2 Å². The minimum Gasteiger partial charge on any atom is -0.376 e. The van der Waals surface area contributed by atoms with Crippen LogP contribution < -0.4 is 5.32 Å². The smallest absolute Gasteiger partial charge is 0.243 e. The van der Waals surface area contributed by atoms with E-state index in [4.69, 9.17) is 0 Å². The number of benzene rings is 2. The molecule has 2 aromatic carbocycles. The number of sulfonamides is 1. The van der Waals surface area contributed by atoms with E-state index in [0.717, 1.165) is 44.3 Å². The second kappa shape index (κ2) is 9.18. The van der Waals surface area contributed by atoms with Gasteiger partial charge >= 0.3 is 0 Å². The molecule has 160 valence electrons. The second-order valence-electron chi connectivity index (χ2n) is 8.03. The quantitative estimate of drug-likeness (QED) is 0.795. The molecular weight excluding hydrogens is 398 g/mol. The summed E-state index contributed by atoms with van der Waals surface area (Å²) in [4.78, 5) is 14.8. The monoisotopic (exact) mass is 427 g/mol. The molecule has 2 aliphatic heterocycles. The summed E-state index contributed by atoms with van der Waals surface area (Å²) in [5.74, 6) is 0.0470. The summed E-state index contributed by atoms with van der Waals surface area (Å²) in [5.41, 5.74) is 3.27. The van der Waals surface area contributed by atoms with Crippen LogP contribution >= 0.6 is 0 Å². The standard InChI is InChI=1S/C23H29N3O3S/c27-23(25-16-13-19-7-3-4-8-20(19)18-25)17-24-21-9-11-22(12-10-21)30(28,29)26-14-5-1-2-6-15-26/h3-4,7-12,24H,1-2,5-6,13-18H2. The maximum atomic E-state index is 12.9. The van der Waals surface area contributed by atoms with Crippen molar-refractivity contribution in [1.29, 1.82) is 0 Å². The molecule has 1 saturated heterocycles. The third-order valence-corrected chi connectivity index (χ3v) is 7.90. The number of nitrogens with zero attached hydrogens (tertiary/aromatic N) is 2. The van der Waals surface area contributed by atoms with Gasteiger partial charge in [-0.25, -0.2) is 8.42 Å². The predicted molar refractivity (Wildman–Crippen MR) is 118 cm³/mol. The fourth-order valence-corrected chi connectivity index (χ4v) is 5.69. The number of amides is 1. The Labute approximate surface area is 178 Å². The van der Waals surface area contributed by atoms with Gasteiger partial charge < -0.3 is 10.2 Å². The zero-order valence-electron chi connectivity index (χ0n) is 17.2. The molecular formula is C23H29N3O3S. The Bertz CT molecular complexity index is 981. The minimum absolute atomic E-state index is 0.0470. The van der Waals surface area contributed by atoms with Crippen LogP contribution in [0.1, 0.15) is 36.8 Å². The highest BCUT2D eigenvalue weighted by Gasteiger charge is 2.25. The van der Waals surface area contributed by atoms with Gasteiger partial charge in [0.25, 0.3) is 0 Å². The first-order valence-electron chi connectivity index (χ1n) is 10.7. The number of carbonyl (C=O) groups excluding carboxylic acids is 1. The van der Waals surface area contributed by atoms with Crippen molar-refractivity contribution >= 4 is 21.6 Å².